The maximum Gasteiger partial charge on any atom is 0.410 e. The Bertz CT molecular complexity index is 1050. The molecule has 1 saturated heterocycles. The van der Waals surface area contributed by atoms with Crippen LogP contribution in [0.25, 0.3) is 10.9 Å². The number of carbonyl (C=O) groups is 2. The van der Waals surface area contributed by atoms with E-state index in [1.165, 1.54) is 5.69 Å². The van der Waals surface area contributed by atoms with Gasteiger partial charge >= 0.3 is 6.09 Å². The molecule has 3 heterocycles. The van der Waals surface area contributed by atoms with Crippen molar-refractivity contribution in [2.45, 2.75) is 78.2 Å². The summed E-state index contributed by atoms with van der Waals surface area (Å²) < 4.78 is 7.96. The molecule has 2 aromatic rings. The van der Waals surface area contributed by atoms with Crippen LogP contribution in [0.4, 0.5) is 4.79 Å². The molecule has 1 fully saturated rings. The van der Waals surface area contributed by atoms with Crippen molar-refractivity contribution in [3.8, 4) is 0 Å². The van der Waals surface area contributed by atoms with E-state index in [0.29, 0.717) is 24.3 Å². The predicted octanol–water partition coefficient (Wildman–Crippen LogP) is 5.71. The number of carbonyl (C=O) groups excluding carboxylic acids is 2. The third-order valence-electron chi connectivity index (χ3n) is 6.39. The summed E-state index contributed by atoms with van der Waals surface area (Å²) in [6.45, 7) is 15.1. The summed E-state index contributed by atoms with van der Waals surface area (Å²) in [5, 5.41) is 1.49. The highest BCUT2D eigenvalue weighted by molar-refractivity contribution is 7.98. The number of likely N-dealkylation sites (tertiary alicyclic amines) is 1. The molecule has 7 heteroatoms. The second-order valence-corrected chi connectivity index (χ2v) is 12.3. The predicted molar refractivity (Wildman–Crippen MR) is 135 cm³/mol. The smallest absolute Gasteiger partial charge is 0.410 e. The Kier molecular flexibility index (Phi) is 6.72. The highest BCUT2D eigenvalue weighted by atomic mass is 32.2. The summed E-state index contributed by atoms with van der Waals surface area (Å²) in [7, 11) is 0. The molecule has 0 N–H and O–H groups in total. The quantitative estimate of drug-likeness (QED) is 0.575. The van der Waals surface area contributed by atoms with Crippen molar-refractivity contribution in [3.63, 3.8) is 0 Å². The molecular formula is C26H37N3O3S. The summed E-state index contributed by atoms with van der Waals surface area (Å²) >= 11 is 1.80. The number of ether oxygens (including phenoxy) is 1. The molecule has 0 saturated carbocycles. The van der Waals surface area contributed by atoms with E-state index in [1.54, 1.807) is 16.8 Å². The van der Waals surface area contributed by atoms with Crippen LogP contribution in [0.5, 0.6) is 0 Å². The fourth-order valence-electron chi connectivity index (χ4n) is 4.66. The zero-order chi connectivity index (χ0) is 23.9. The fraction of sp³-hybridized carbons (Fsp3) is 0.615. The minimum absolute atomic E-state index is 0.113. The first-order chi connectivity index (χ1) is 15.5. The van der Waals surface area contributed by atoms with Crippen LogP contribution in [-0.2, 0) is 17.7 Å². The lowest BCUT2D eigenvalue weighted by Gasteiger charge is -2.31. The lowest BCUT2D eigenvalue weighted by molar-refractivity contribution is 0.0224. The molecule has 0 unspecified atom stereocenters. The summed E-state index contributed by atoms with van der Waals surface area (Å²) in [4.78, 5) is 29.8. The first kappa shape index (κ1) is 24.0. The number of aromatic nitrogens is 1. The van der Waals surface area contributed by atoms with Crippen molar-refractivity contribution in [1.29, 1.82) is 0 Å². The summed E-state index contributed by atoms with van der Waals surface area (Å²) in [6, 6.07) is 6.10. The van der Waals surface area contributed by atoms with Gasteiger partial charge in [0, 0.05) is 53.5 Å². The normalized spacial score (nSPS) is 17.5. The second-order valence-electron chi connectivity index (χ2n) is 10.7. The molecule has 0 bridgehead atoms. The van der Waals surface area contributed by atoms with Crippen molar-refractivity contribution in [2.75, 3.05) is 19.6 Å². The van der Waals surface area contributed by atoms with Crippen molar-refractivity contribution < 1.29 is 14.3 Å². The first-order valence-corrected chi connectivity index (χ1v) is 13.0. The van der Waals surface area contributed by atoms with Crippen LogP contribution >= 0.6 is 11.9 Å². The number of benzene rings is 1. The van der Waals surface area contributed by atoms with Gasteiger partial charge in [0.05, 0.1) is 12.1 Å². The standard InChI is InChI=1S/C26H37N3O3S/c1-17(2)33-29-22-8-7-19(24(30)27-12-9-18(3)10-13-27)15-20(22)21-16-28(14-11-23(21)29)25(31)32-26(4,5)6/h7-8,15,17-18H,9-14,16H2,1-6H3. The molecule has 0 radical (unpaired) electrons. The minimum Gasteiger partial charge on any atom is -0.444 e. The molecule has 180 valence electrons. The van der Waals surface area contributed by atoms with Gasteiger partial charge in [0.15, 0.2) is 0 Å². The number of piperidine rings is 1. The van der Waals surface area contributed by atoms with E-state index in [-0.39, 0.29) is 12.0 Å². The van der Waals surface area contributed by atoms with Crippen LogP contribution in [0.2, 0.25) is 0 Å². The highest BCUT2D eigenvalue weighted by Gasteiger charge is 2.31. The Morgan fingerprint density at radius 1 is 1.09 bits per heavy atom. The van der Waals surface area contributed by atoms with Crippen LogP contribution in [-0.4, -0.2) is 56.3 Å². The molecule has 2 aliphatic rings. The summed E-state index contributed by atoms with van der Waals surface area (Å²) in [6.07, 6.45) is 2.63. The minimum atomic E-state index is -0.523. The third-order valence-corrected chi connectivity index (χ3v) is 7.44. The number of fused-ring (bicyclic) bond motifs is 3. The Morgan fingerprint density at radius 3 is 2.42 bits per heavy atom. The molecule has 1 aromatic heterocycles. The highest BCUT2D eigenvalue weighted by Crippen LogP contribution is 2.36. The molecule has 0 atom stereocenters. The van der Waals surface area contributed by atoms with E-state index in [4.69, 9.17) is 4.74 Å². The van der Waals surface area contributed by atoms with E-state index in [9.17, 15) is 9.59 Å². The molecule has 0 spiro atoms. The molecule has 4 rings (SSSR count). The Hall–Kier alpha value is -2.15. The van der Waals surface area contributed by atoms with Gasteiger partial charge in [-0.3, -0.25) is 8.77 Å². The van der Waals surface area contributed by atoms with Gasteiger partial charge in [-0.25, -0.2) is 4.79 Å². The zero-order valence-corrected chi connectivity index (χ0v) is 21.6. The van der Waals surface area contributed by atoms with Gasteiger partial charge in [-0.2, -0.15) is 0 Å². The van der Waals surface area contributed by atoms with E-state index in [1.807, 2.05) is 37.8 Å². The maximum atomic E-state index is 13.3. The van der Waals surface area contributed by atoms with Crippen LogP contribution in [0.1, 0.15) is 76.0 Å². The average Bonchev–Trinajstić information content (AvgIpc) is 3.04. The van der Waals surface area contributed by atoms with Gasteiger partial charge in [0.25, 0.3) is 5.91 Å². The van der Waals surface area contributed by atoms with Crippen molar-refractivity contribution in [3.05, 3.63) is 35.0 Å². The SMILES string of the molecule is CC1CCN(C(=O)c2ccc3c(c2)c2c(n3SC(C)C)CCN(C(=O)OC(C)(C)C)C2)CC1. The summed E-state index contributed by atoms with van der Waals surface area (Å²) in [5.74, 6) is 0.797. The van der Waals surface area contributed by atoms with E-state index < -0.39 is 5.60 Å². The van der Waals surface area contributed by atoms with Crippen LogP contribution in [0.15, 0.2) is 18.2 Å². The Balaban J connectivity index is 1.69. The number of nitrogens with zero attached hydrogens (tertiary/aromatic N) is 3. The molecule has 33 heavy (non-hydrogen) atoms. The largest absolute Gasteiger partial charge is 0.444 e. The van der Waals surface area contributed by atoms with E-state index in [0.717, 1.165) is 54.4 Å². The molecule has 2 aliphatic heterocycles. The van der Waals surface area contributed by atoms with Gasteiger partial charge in [-0.15, -0.1) is 0 Å². The van der Waals surface area contributed by atoms with Crippen LogP contribution in [0, 0.1) is 5.92 Å². The summed E-state index contributed by atoms with van der Waals surface area (Å²) in [5.41, 5.74) is 3.72. The van der Waals surface area contributed by atoms with Gasteiger partial charge < -0.3 is 14.5 Å². The van der Waals surface area contributed by atoms with E-state index >= 15 is 0 Å². The van der Waals surface area contributed by atoms with Crippen LogP contribution < -0.4 is 0 Å². The monoisotopic (exact) mass is 471 g/mol. The second kappa shape index (κ2) is 9.24. The van der Waals surface area contributed by atoms with Crippen molar-refractivity contribution >= 4 is 34.9 Å². The number of rotatable bonds is 3. The van der Waals surface area contributed by atoms with Gasteiger partial charge in [-0.1, -0.05) is 20.8 Å². The van der Waals surface area contributed by atoms with Gasteiger partial charge in [0.1, 0.15) is 5.60 Å². The van der Waals surface area contributed by atoms with Crippen LogP contribution in [0.3, 0.4) is 0 Å². The fourth-order valence-corrected chi connectivity index (χ4v) is 5.68. The molecule has 6 nitrogen and oxygen atoms in total. The number of hydrogen-bond donors (Lipinski definition) is 0. The topological polar surface area (TPSA) is 54.8 Å². The van der Waals surface area contributed by atoms with Crippen molar-refractivity contribution in [1.82, 2.24) is 13.8 Å². The number of amides is 2. The Morgan fingerprint density at radius 2 is 1.79 bits per heavy atom. The zero-order valence-electron chi connectivity index (χ0n) is 20.8. The lowest BCUT2D eigenvalue weighted by atomic mass is 9.98. The number of hydrogen-bond acceptors (Lipinski definition) is 4. The van der Waals surface area contributed by atoms with Crippen molar-refractivity contribution in [2.24, 2.45) is 5.92 Å². The Labute approximate surface area is 201 Å². The maximum absolute atomic E-state index is 13.3. The van der Waals surface area contributed by atoms with E-state index in [2.05, 4.69) is 30.8 Å². The molecule has 2 amide bonds. The lowest BCUT2D eigenvalue weighted by Crippen LogP contribution is -2.40. The molecule has 0 aliphatic carbocycles. The average molecular weight is 472 g/mol. The first-order valence-electron chi connectivity index (χ1n) is 12.1. The van der Waals surface area contributed by atoms with Gasteiger partial charge in [0.2, 0.25) is 0 Å². The third kappa shape index (κ3) is 5.18. The molecular weight excluding hydrogens is 434 g/mol. The van der Waals surface area contributed by atoms with Gasteiger partial charge in [-0.05, 0) is 69.7 Å². The molecule has 1 aromatic carbocycles.